The van der Waals surface area contributed by atoms with E-state index >= 15 is 0 Å². The van der Waals surface area contributed by atoms with Crippen molar-refractivity contribution in [3.8, 4) is 11.5 Å². The average molecular weight is 426 g/mol. The molecule has 0 fully saturated rings. The fourth-order valence-electron chi connectivity index (χ4n) is 2.52. The quantitative estimate of drug-likeness (QED) is 0.293. The first-order valence-corrected chi connectivity index (χ1v) is 10.8. The molecule has 7 nitrogen and oxygen atoms in total. The summed E-state index contributed by atoms with van der Waals surface area (Å²) in [5.74, 6) is 0.640. The summed E-state index contributed by atoms with van der Waals surface area (Å²) in [6, 6.07) is 3.46. The maximum Gasteiger partial charge on any atom is 0.338 e. The number of unbranched alkanes of at least 4 members (excludes halogenated alkanes) is 2. The van der Waals surface area contributed by atoms with Crippen LogP contribution in [0.25, 0.3) is 0 Å². The number of esters is 1. The lowest BCUT2D eigenvalue weighted by molar-refractivity contribution is 0.0233. The Bertz CT molecular complexity index is 647. The van der Waals surface area contributed by atoms with E-state index in [-0.39, 0.29) is 19.8 Å². The van der Waals surface area contributed by atoms with Crippen molar-refractivity contribution in [1.29, 1.82) is 0 Å². The highest BCUT2D eigenvalue weighted by Crippen LogP contribution is 2.32. The van der Waals surface area contributed by atoms with Gasteiger partial charge in [-0.1, -0.05) is 26.7 Å². The molecule has 1 rings (SSSR count). The highest BCUT2D eigenvalue weighted by molar-refractivity contribution is 5.92. The number of nitrogens with one attached hydrogen (secondary N) is 1. The van der Waals surface area contributed by atoms with Crippen LogP contribution in [0, 0.1) is 6.92 Å². The lowest BCUT2D eigenvalue weighted by atomic mass is 10.1. The van der Waals surface area contributed by atoms with Gasteiger partial charge in [-0.25, -0.2) is 4.79 Å². The number of β-amino-alcohol motifs (C(OH)–C–C–N with tert-alkyl or cyclic N) is 1. The fraction of sp³-hybridized carbons (Fsp3) is 0.696. The molecule has 0 unspecified atom stereocenters. The second-order valence-corrected chi connectivity index (χ2v) is 8.19. The molecule has 0 saturated carbocycles. The van der Waals surface area contributed by atoms with Crippen LogP contribution < -0.4 is 14.8 Å². The van der Waals surface area contributed by atoms with Gasteiger partial charge >= 0.3 is 5.97 Å². The summed E-state index contributed by atoms with van der Waals surface area (Å²) in [5.41, 5.74) is 0.600. The zero-order valence-electron chi connectivity index (χ0n) is 19.1. The maximum absolute atomic E-state index is 12.6. The smallest absolute Gasteiger partial charge is 0.338 e. The Kier molecular flexibility index (Phi) is 11.8. The van der Waals surface area contributed by atoms with E-state index in [1.54, 1.807) is 12.1 Å². The number of rotatable bonds is 15. The number of carbonyl (C=O) groups excluding carboxylic acids is 1. The average Bonchev–Trinajstić information content (AvgIpc) is 2.72. The summed E-state index contributed by atoms with van der Waals surface area (Å²) in [6.45, 7) is 10.8. The van der Waals surface area contributed by atoms with Crippen LogP contribution in [-0.2, 0) is 4.74 Å². The number of aryl methyl sites for hydroxylation is 1. The molecular weight excluding hydrogens is 386 g/mol. The van der Waals surface area contributed by atoms with Crippen LogP contribution in [0.1, 0.15) is 69.3 Å². The van der Waals surface area contributed by atoms with Crippen molar-refractivity contribution in [2.45, 2.75) is 71.9 Å². The van der Waals surface area contributed by atoms with Crippen molar-refractivity contribution in [1.82, 2.24) is 5.32 Å². The molecule has 1 atom stereocenters. The molecule has 3 N–H and O–H groups in total. The first kappa shape index (κ1) is 26.2. The predicted molar refractivity (Wildman–Crippen MR) is 117 cm³/mol. The van der Waals surface area contributed by atoms with Crippen LogP contribution >= 0.6 is 0 Å². The molecule has 0 bridgehead atoms. The second kappa shape index (κ2) is 13.5. The summed E-state index contributed by atoms with van der Waals surface area (Å²) < 4.78 is 17.0. The largest absolute Gasteiger partial charge is 0.490 e. The van der Waals surface area contributed by atoms with E-state index in [1.807, 2.05) is 20.8 Å². The van der Waals surface area contributed by atoms with Gasteiger partial charge in [0.25, 0.3) is 0 Å². The molecular formula is C23H39NO6. The topological polar surface area (TPSA) is 97.3 Å². The zero-order valence-corrected chi connectivity index (χ0v) is 19.1. The minimum absolute atomic E-state index is 0.0633. The third-order valence-electron chi connectivity index (χ3n) is 4.64. The van der Waals surface area contributed by atoms with Crippen molar-refractivity contribution < 1.29 is 29.2 Å². The van der Waals surface area contributed by atoms with Gasteiger partial charge in [0, 0.05) is 12.1 Å². The van der Waals surface area contributed by atoms with Gasteiger partial charge in [-0.05, 0) is 51.3 Å². The van der Waals surface area contributed by atoms with Crippen molar-refractivity contribution in [3.63, 3.8) is 0 Å². The van der Waals surface area contributed by atoms with Crippen LogP contribution in [0.4, 0.5) is 0 Å². The molecule has 0 aliphatic rings. The van der Waals surface area contributed by atoms with E-state index < -0.39 is 17.6 Å². The van der Waals surface area contributed by atoms with Crippen LogP contribution in [0.15, 0.2) is 12.1 Å². The fourth-order valence-corrected chi connectivity index (χ4v) is 2.52. The highest BCUT2D eigenvalue weighted by atomic mass is 16.5. The second-order valence-electron chi connectivity index (χ2n) is 8.19. The predicted octanol–water partition coefficient (Wildman–Crippen LogP) is 3.23. The molecule has 30 heavy (non-hydrogen) atoms. The molecule has 0 heterocycles. The first-order valence-electron chi connectivity index (χ1n) is 10.8. The van der Waals surface area contributed by atoms with Gasteiger partial charge in [-0.15, -0.1) is 0 Å². The van der Waals surface area contributed by atoms with Crippen molar-refractivity contribution in [3.05, 3.63) is 23.3 Å². The number of hydrogen-bond donors (Lipinski definition) is 3. The monoisotopic (exact) mass is 425 g/mol. The summed E-state index contributed by atoms with van der Waals surface area (Å²) >= 11 is 0. The van der Waals surface area contributed by atoms with Gasteiger partial charge < -0.3 is 29.7 Å². The first-order chi connectivity index (χ1) is 14.2. The van der Waals surface area contributed by atoms with Crippen molar-refractivity contribution in [2.75, 3.05) is 33.0 Å². The number of aliphatic hydroxyl groups is 2. The van der Waals surface area contributed by atoms with Gasteiger partial charge in [-0.2, -0.15) is 0 Å². The number of hydrogen-bond acceptors (Lipinski definition) is 7. The number of ether oxygens (including phenoxy) is 3. The normalized spacial score (nSPS) is 12.5. The van der Waals surface area contributed by atoms with E-state index in [4.69, 9.17) is 14.2 Å². The number of aliphatic hydroxyl groups excluding tert-OH is 2. The number of benzene rings is 1. The minimum atomic E-state index is -0.878. The zero-order chi connectivity index (χ0) is 22.6. The Hall–Kier alpha value is -1.83. The van der Waals surface area contributed by atoms with Crippen LogP contribution in [0.2, 0.25) is 0 Å². The van der Waals surface area contributed by atoms with E-state index in [1.165, 1.54) is 0 Å². The lowest BCUT2D eigenvalue weighted by Crippen LogP contribution is -2.47. The third kappa shape index (κ3) is 9.32. The SMILES string of the molecule is CCCCOc1cc(C)c(C(=O)OC[C@@H](O)CNC(C)(C)CO)cc1OCCCC. The Morgan fingerprint density at radius 1 is 1.10 bits per heavy atom. The molecule has 1 aromatic rings. The molecule has 0 aromatic heterocycles. The summed E-state index contributed by atoms with van der Waals surface area (Å²) in [7, 11) is 0. The molecule has 1 aromatic carbocycles. The van der Waals surface area contributed by atoms with Crippen LogP contribution in [-0.4, -0.2) is 60.8 Å². The molecule has 0 spiro atoms. The van der Waals surface area contributed by atoms with E-state index in [0.29, 0.717) is 30.3 Å². The summed E-state index contributed by atoms with van der Waals surface area (Å²) in [4.78, 5) is 12.6. The van der Waals surface area contributed by atoms with E-state index in [2.05, 4.69) is 19.2 Å². The standard InChI is InChI=1S/C23H39NO6/c1-6-8-10-28-20-12-17(3)19(13-21(20)29-11-9-7-2)22(27)30-15-18(26)14-24-23(4,5)16-25/h12-13,18,24-26H,6-11,14-16H2,1-5H3/t18-/m0/s1. The summed E-state index contributed by atoms with van der Waals surface area (Å²) in [6.07, 6.45) is 3.01. The lowest BCUT2D eigenvalue weighted by Gasteiger charge is -2.25. The Labute approximate surface area is 180 Å². The Balaban J connectivity index is 2.80. The number of carbonyl (C=O) groups is 1. The Morgan fingerprint density at radius 3 is 2.20 bits per heavy atom. The molecule has 0 aliphatic heterocycles. The van der Waals surface area contributed by atoms with Crippen LogP contribution in [0.3, 0.4) is 0 Å². The van der Waals surface area contributed by atoms with Crippen molar-refractivity contribution in [2.24, 2.45) is 0 Å². The summed E-state index contributed by atoms with van der Waals surface area (Å²) in [5, 5.41) is 22.3. The minimum Gasteiger partial charge on any atom is -0.490 e. The molecule has 0 radical (unpaired) electrons. The van der Waals surface area contributed by atoms with Gasteiger partial charge in [0.1, 0.15) is 12.7 Å². The highest BCUT2D eigenvalue weighted by Gasteiger charge is 2.20. The maximum atomic E-state index is 12.6. The van der Waals surface area contributed by atoms with Crippen molar-refractivity contribution >= 4 is 5.97 Å². The van der Waals surface area contributed by atoms with E-state index in [0.717, 1.165) is 31.2 Å². The van der Waals surface area contributed by atoms with Crippen LogP contribution in [0.5, 0.6) is 11.5 Å². The van der Waals surface area contributed by atoms with Gasteiger partial charge in [-0.3, -0.25) is 0 Å². The van der Waals surface area contributed by atoms with Gasteiger partial charge in [0.15, 0.2) is 11.5 Å². The third-order valence-corrected chi connectivity index (χ3v) is 4.64. The Morgan fingerprint density at radius 2 is 1.67 bits per heavy atom. The molecule has 172 valence electrons. The van der Waals surface area contributed by atoms with E-state index in [9.17, 15) is 15.0 Å². The molecule has 0 aliphatic carbocycles. The molecule has 7 heteroatoms. The van der Waals surface area contributed by atoms with Gasteiger partial charge in [0.2, 0.25) is 0 Å². The molecule has 0 amide bonds. The van der Waals surface area contributed by atoms with Gasteiger partial charge in [0.05, 0.1) is 25.4 Å². The molecule has 0 saturated heterocycles.